The van der Waals surface area contributed by atoms with Crippen LogP contribution in [0.2, 0.25) is 0 Å². The van der Waals surface area contributed by atoms with Gasteiger partial charge in [0.05, 0.1) is 25.5 Å². The minimum Gasteiger partial charge on any atom is -0.497 e. The van der Waals surface area contributed by atoms with E-state index in [0.29, 0.717) is 11.5 Å². The van der Waals surface area contributed by atoms with E-state index >= 15 is 0 Å². The predicted octanol–water partition coefficient (Wildman–Crippen LogP) is 3.40. The molecule has 0 saturated carbocycles. The first-order valence-corrected chi connectivity index (χ1v) is 6.34. The van der Waals surface area contributed by atoms with Crippen molar-refractivity contribution in [2.24, 2.45) is 0 Å². The van der Waals surface area contributed by atoms with Crippen LogP contribution in [-0.4, -0.2) is 20.1 Å². The summed E-state index contributed by atoms with van der Waals surface area (Å²) in [6.07, 6.45) is 0. The fraction of sp³-hybridized carbons (Fsp3) is 0.188. The third kappa shape index (κ3) is 3.31. The highest BCUT2D eigenvalue weighted by Gasteiger charge is 2.15. The summed E-state index contributed by atoms with van der Waals surface area (Å²) in [5.74, 6) is -0.0434. The lowest BCUT2D eigenvalue weighted by Gasteiger charge is -2.11. The second-order valence-corrected chi connectivity index (χ2v) is 4.50. The molecule has 1 N–H and O–H groups in total. The van der Waals surface area contributed by atoms with Crippen molar-refractivity contribution in [3.05, 3.63) is 53.3 Å². The number of carbonyl (C=O) groups excluding carboxylic acids is 1. The van der Waals surface area contributed by atoms with Crippen molar-refractivity contribution in [3.8, 4) is 11.5 Å². The Morgan fingerprint density at radius 2 is 1.86 bits per heavy atom. The lowest BCUT2D eigenvalue weighted by Crippen LogP contribution is -2.14. The number of carbonyl (C=O) groups is 1. The van der Waals surface area contributed by atoms with Crippen LogP contribution in [0.4, 0.5) is 10.1 Å². The van der Waals surface area contributed by atoms with Crippen LogP contribution in [-0.2, 0) is 0 Å². The summed E-state index contributed by atoms with van der Waals surface area (Å²) in [5, 5.41) is 2.54. The van der Waals surface area contributed by atoms with Crippen molar-refractivity contribution in [2.45, 2.75) is 6.92 Å². The fourth-order valence-electron chi connectivity index (χ4n) is 1.92. The maximum atomic E-state index is 13.7. The molecule has 0 fully saturated rings. The molecule has 2 rings (SSSR count). The van der Waals surface area contributed by atoms with Gasteiger partial charge in [-0.15, -0.1) is 0 Å². The summed E-state index contributed by atoms with van der Waals surface area (Å²) >= 11 is 0. The maximum absolute atomic E-state index is 13.7. The van der Waals surface area contributed by atoms with Crippen molar-refractivity contribution in [1.29, 1.82) is 0 Å². The molecular formula is C16H16FNO3. The number of halogens is 1. The first-order valence-electron chi connectivity index (χ1n) is 6.34. The number of hydrogen-bond acceptors (Lipinski definition) is 3. The highest BCUT2D eigenvalue weighted by atomic mass is 19.1. The topological polar surface area (TPSA) is 47.6 Å². The molecule has 0 radical (unpaired) electrons. The van der Waals surface area contributed by atoms with Crippen LogP contribution in [0.5, 0.6) is 11.5 Å². The molecular weight excluding hydrogens is 273 g/mol. The summed E-state index contributed by atoms with van der Waals surface area (Å²) in [6, 6.07) is 9.37. The van der Waals surface area contributed by atoms with Crippen molar-refractivity contribution in [3.63, 3.8) is 0 Å². The summed E-state index contributed by atoms with van der Waals surface area (Å²) < 4.78 is 23.9. The summed E-state index contributed by atoms with van der Waals surface area (Å²) in [4.78, 5) is 12.3. The molecule has 0 aliphatic heterocycles. The average molecular weight is 289 g/mol. The first-order chi connectivity index (χ1) is 10.0. The van der Waals surface area contributed by atoms with Crippen LogP contribution in [0.15, 0.2) is 36.4 Å². The SMILES string of the molecule is COc1ccc(OC)c(C(=O)Nc2cc(C)ccc2F)c1. The first kappa shape index (κ1) is 14.8. The number of ether oxygens (including phenoxy) is 2. The number of aryl methyl sites for hydroxylation is 1. The van der Waals surface area contributed by atoms with Gasteiger partial charge in [0.25, 0.3) is 5.91 Å². The molecule has 110 valence electrons. The predicted molar refractivity (Wildman–Crippen MR) is 78.6 cm³/mol. The van der Waals surface area contributed by atoms with E-state index in [1.165, 1.54) is 20.3 Å². The molecule has 21 heavy (non-hydrogen) atoms. The number of anilines is 1. The van der Waals surface area contributed by atoms with Gasteiger partial charge in [-0.3, -0.25) is 4.79 Å². The molecule has 0 spiro atoms. The number of nitrogens with one attached hydrogen (secondary N) is 1. The molecule has 0 heterocycles. The number of rotatable bonds is 4. The molecule has 2 aromatic rings. The molecule has 0 aliphatic rings. The molecule has 4 nitrogen and oxygen atoms in total. The number of hydrogen-bond donors (Lipinski definition) is 1. The Morgan fingerprint density at radius 1 is 1.10 bits per heavy atom. The van der Waals surface area contributed by atoms with Gasteiger partial charge in [-0.05, 0) is 42.8 Å². The van der Waals surface area contributed by atoms with Crippen LogP contribution in [0.1, 0.15) is 15.9 Å². The van der Waals surface area contributed by atoms with Crippen LogP contribution >= 0.6 is 0 Å². The number of methoxy groups -OCH3 is 2. The normalized spacial score (nSPS) is 10.1. The monoisotopic (exact) mass is 289 g/mol. The van der Waals surface area contributed by atoms with Crippen LogP contribution in [0.3, 0.4) is 0 Å². The molecule has 0 saturated heterocycles. The Kier molecular flexibility index (Phi) is 4.42. The Labute approximate surface area is 122 Å². The zero-order valence-corrected chi connectivity index (χ0v) is 12.1. The zero-order valence-electron chi connectivity index (χ0n) is 12.1. The summed E-state index contributed by atoms with van der Waals surface area (Å²) in [7, 11) is 2.97. The minimum atomic E-state index is -0.490. The number of amides is 1. The Balaban J connectivity index is 2.33. The lowest BCUT2D eigenvalue weighted by atomic mass is 10.1. The van der Waals surface area contributed by atoms with E-state index in [2.05, 4.69) is 5.32 Å². The van der Waals surface area contributed by atoms with Crippen molar-refractivity contribution >= 4 is 11.6 Å². The largest absolute Gasteiger partial charge is 0.497 e. The van der Waals surface area contributed by atoms with E-state index in [-0.39, 0.29) is 11.3 Å². The molecule has 2 aromatic carbocycles. The molecule has 0 aromatic heterocycles. The van der Waals surface area contributed by atoms with Gasteiger partial charge in [-0.25, -0.2) is 4.39 Å². The highest BCUT2D eigenvalue weighted by Crippen LogP contribution is 2.25. The van der Waals surface area contributed by atoms with Crippen molar-refractivity contribution in [1.82, 2.24) is 0 Å². The van der Waals surface area contributed by atoms with Crippen LogP contribution in [0, 0.1) is 12.7 Å². The zero-order chi connectivity index (χ0) is 15.4. The van der Waals surface area contributed by atoms with Crippen LogP contribution in [0.25, 0.3) is 0 Å². The van der Waals surface area contributed by atoms with E-state index in [9.17, 15) is 9.18 Å². The Bertz CT molecular complexity index is 671. The minimum absolute atomic E-state index is 0.130. The molecule has 0 atom stereocenters. The molecule has 5 heteroatoms. The Morgan fingerprint density at radius 3 is 2.52 bits per heavy atom. The highest BCUT2D eigenvalue weighted by molar-refractivity contribution is 6.06. The quantitative estimate of drug-likeness (QED) is 0.938. The average Bonchev–Trinajstić information content (AvgIpc) is 2.50. The summed E-state index contributed by atoms with van der Waals surface area (Å²) in [6.45, 7) is 1.82. The molecule has 1 amide bonds. The third-order valence-corrected chi connectivity index (χ3v) is 3.02. The molecule has 0 aliphatic carbocycles. The molecule has 0 unspecified atom stereocenters. The van der Waals surface area contributed by atoms with Crippen molar-refractivity contribution in [2.75, 3.05) is 19.5 Å². The maximum Gasteiger partial charge on any atom is 0.259 e. The van der Waals surface area contributed by atoms with Gasteiger partial charge in [-0.2, -0.15) is 0 Å². The smallest absolute Gasteiger partial charge is 0.259 e. The van der Waals surface area contributed by atoms with Gasteiger partial charge in [0.1, 0.15) is 17.3 Å². The second kappa shape index (κ2) is 6.26. The standard InChI is InChI=1S/C16H16FNO3/c1-10-4-6-13(17)14(8-10)18-16(19)12-9-11(20-2)5-7-15(12)21-3/h4-9H,1-3H3,(H,18,19). The van der Waals surface area contributed by atoms with Gasteiger partial charge in [0.15, 0.2) is 0 Å². The lowest BCUT2D eigenvalue weighted by molar-refractivity contribution is 0.102. The van der Waals surface area contributed by atoms with Crippen LogP contribution < -0.4 is 14.8 Å². The third-order valence-electron chi connectivity index (χ3n) is 3.02. The number of benzene rings is 2. The van der Waals surface area contributed by atoms with Gasteiger partial charge in [0.2, 0.25) is 0 Å². The second-order valence-electron chi connectivity index (χ2n) is 4.50. The van der Waals surface area contributed by atoms with Gasteiger partial charge in [-0.1, -0.05) is 6.07 Å². The van der Waals surface area contributed by atoms with Crippen molar-refractivity contribution < 1.29 is 18.7 Å². The fourth-order valence-corrected chi connectivity index (χ4v) is 1.92. The van der Waals surface area contributed by atoms with E-state index < -0.39 is 11.7 Å². The Hall–Kier alpha value is -2.56. The van der Waals surface area contributed by atoms with E-state index in [4.69, 9.17) is 9.47 Å². The van der Waals surface area contributed by atoms with E-state index in [1.54, 1.807) is 30.3 Å². The molecule has 0 bridgehead atoms. The van der Waals surface area contributed by atoms with E-state index in [0.717, 1.165) is 5.56 Å². The van der Waals surface area contributed by atoms with E-state index in [1.807, 2.05) is 6.92 Å². The summed E-state index contributed by atoms with van der Waals surface area (Å²) in [5.41, 5.74) is 1.26. The van der Waals surface area contributed by atoms with Gasteiger partial charge in [0, 0.05) is 0 Å². The van der Waals surface area contributed by atoms with Gasteiger partial charge >= 0.3 is 0 Å². The van der Waals surface area contributed by atoms with Gasteiger partial charge < -0.3 is 14.8 Å².